The summed E-state index contributed by atoms with van der Waals surface area (Å²) in [6.45, 7) is 5.56. The van der Waals surface area contributed by atoms with E-state index < -0.39 is 11.9 Å². The molecule has 0 unspecified atom stereocenters. The standard InChI is InChI=1S/C22H32O7/c1-6-9-10-11-12-15-13-14-16(20(27-5)18(15)23)19(26-4)17(21(24)28-7-2)22(25)29-8-3/h13-14,23H,6-12H2,1-5H3. The average molecular weight is 408 g/mol. The molecule has 7 heteroatoms. The Bertz CT molecular complexity index is 702. The van der Waals surface area contributed by atoms with Crippen molar-refractivity contribution in [2.24, 2.45) is 0 Å². The van der Waals surface area contributed by atoms with Crippen LogP contribution in [-0.2, 0) is 30.2 Å². The van der Waals surface area contributed by atoms with Crippen molar-refractivity contribution in [1.29, 1.82) is 0 Å². The van der Waals surface area contributed by atoms with Gasteiger partial charge in [0, 0.05) is 0 Å². The van der Waals surface area contributed by atoms with E-state index in [-0.39, 0.29) is 41.6 Å². The predicted molar refractivity (Wildman–Crippen MR) is 110 cm³/mol. The van der Waals surface area contributed by atoms with Gasteiger partial charge in [-0.05, 0) is 38.3 Å². The van der Waals surface area contributed by atoms with Crippen LogP contribution in [-0.4, -0.2) is 44.5 Å². The van der Waals surface area contributed by atoms with Gasteiger partial charge in [0.25, 0.3) is 0 Å². The van der Waals surface area contributed by atoms with E-state index in [1.165, 1.54) is 14.2 Å². The number of unbranched alkanes of at least 4 members (excludes halogenated alkanes) is 3. The first-order valence-corrected chi connectivity index (χ1v) is 9.98. The highest BCUT2D eigenvalue weighted by molar-refractivity contribution is 6.19. The minimum absolute atomic E-state index is 0.0388. The molecule has 0 aliphatic rings. The van der Waals surface area contributed by atoms with Crippen LogP contribution >= 0.6 is 0 Å². The maximum Gasteiger partial charge on any atom is 0.349 e. The van der Waals surface area contributed by atoms with E-state index in [2.05, 4.69) is 6.92 Å². The summed E-state index contributed by atoms with van der Waals surface area (Å²) in [6, 6.07) is 3.40. The van der Waals surface area contributed by atoms with Gasteiger partial charge < -0.3 is 24.1 Å². The molecule has 1 rings (SSSR count). The van der Waals surface area contributed by atoms with Crippen molar-refractivity contribution in [3.05, 3.63) is 28.8 Å². The second kappa shape index (κ2) is 12.7. The largest absolute Gasteiger partial charge is 0.504 e. The number of hydrogen-bond donors (Lipinski definition) is 1. The second-order valence-electron chi connectivity index (χ2n) is 6.31. The van der Waals surface area contributed by atoms with Crippen LogP contribution in [0.25, 0.3) is 5.76 Å². The number of carbonyl (C=O) groups is 2. The average Bonchev–Trinajstić information content (AvgIpc) is 2.70. The Balaban J connectivity index is 3.47. The van der Waals surface area contributed by atoms with E-state index in [1.54, 1.807) is 26.0 Å². The number of phenolic OH excluding ortho intramolecular Hbond substituents is 1. The smallest absolute Gasteiger partial charge is 0.349 e. The molecule has 0 heterocycles. The summed E-state index contributed by atoms with van der Waals surface area (Å²) in [5, 5.41) is 10.7. The van der Waals surface area contributed by atoms with Crippen molar-refractivity contribution < 1.29 is 33.6 Å². The zero-order chi connectivity index (χ0) is 21.8. The van der Waals surface area contributed by atoms with Crippen molar-refractivity contribution in [2.45, 2.75) is 52.9 Å². The number of methoxy groups -OCH3 is 2. The van der Waals surface area contributed by atoms with Gasteiger partial charge in [0.15, 0.2) is 22.8 Å². The topological polar surface area (TPSA) is 91.3 Å². The maximum atomic E-state index is 12.4. The number of rotatable bonds is 12. The Hall–Kier alpha value is -2.70. The number of benzene rings is 1. The Morgan fingerprint density at radius 2 is 1.55 bits per heavy atom. The third-order valence-corrected chi connectivity index (χ3v) is 4.35. The fraction of sp³-hybridized carbons (Fsp3) is 0.545. The van der Waals surface area contributed by atoms with Crippen molar-refractivity contribution in [1.82, 2.24) is 0 Å². The molecule has 1 aromatic carbocycles. The summed E-state index contributed by atoms with van der Waals surface area (Å²) < 4.78 is 20.8. The SMILES string of the molecule is CCCCCCc1ccc(C(OC)=C(C(=O)OCC)C(=O)OCC)c(OC)c1O. The lowest BCUT2D eigenvalue weighted by atomic mass is 10.00. The summed E-state index contributed by atoms with van der Waals surface area (Å²) in [4.78, 5) is 24.8. The van der Waals surface area contributed by atoms with Crippen molar-refractivity contribution in [2.75, 3.05) is 27.4 Å². The van der Waals surface area contributed by atoms with E-state index >= 15 is 0 Å². The molecule has 0 spiro atoms. The van der Waals surface area contributed by atoms with Crippen molar-refractivity contribution in [3.8, 4) is 11.5 Å². The first-order chi connectivity index (χ1) is 14.0. The van der Waals surface area contributed by atoms with Crippen molar-refractivity contribution in [3.63, 3.8) is 0 Å². The Morgan fingerprint density at radius 3 is 2.03 bits per heavy atom. The highest BCUT2D eigenvalue weighted by Gasteiger charge is 2.30. The van der Waals surface area contributed by atoms with Crippen LogP contribution in [0.1, 0.15) is 57.6 Å². The molecule has 0 fully saturated rings. The van der Waals surface area contributed by atoms with Crippen LogP contribution in [0, 0.1) is 0 Å². The number of hydrogen-bond acceptors (Lipinski definition) is 7. The highest BCUT2D eigenvalue weighted by Crippen LogP contribution is 2.39. The van der Waals surface area contributed by atoms with Gasteiger partial charge in [0.05, 0.1) is 33.0 Å². The first kappa shape index (κ1) is 24.3. The fourth-order valence-corrected chi connectivity index (χ4v) is 2.96. The third kappa shape index (κ3) is 6.41. The van der Waals surface area contributed by atoms with E-state index in [4.69, 9.17) is 18.9 Å². The van der Waals surface area contributed by atoms with Gasteiger partial charge >= 0.3 is 11.9 Å². The summed E-state index contributed by atoms with van der Waals surface area (Å²) in [7, 11) is 2.73. The number of ether oxygens (including phenoxy) is 4. The monoisotopic (exact) mass is 408 g/mol. The Morgan fingerprint density at radius 1 is 0.931 bits per heavy atom. The third-order valence-electron chi connectivity index (χ3n) is 4.35. The predicted octanol–water partition coefficient (Wildman–Crippen LogP) is 4.01. The quantitative estimate of drug-likeness (QED) is 0.140. The molecule has 0 amide bonds. The zero-order valence-corrected chi connectivity index (χ0v) is 18.0. The van der Waals surface area contributed by atoms with Gasteiger partial charge in [-0.25, -0.2) is 9.59 Å². The van der Waals surface area contributed by atoms with Crippen LogP contribution in [0.5, 0.6) is 11.5 Å². The lowest BCUT2D eigenvalue weighted by Gasteiger charge is -2.17. The normalized spacial score (nSPS) is 10.2. The van der Waals surface area contributed by atoms with E-state index in [1.807, 2.05) is 0 Å². The van der Waals surface area contributed by atoms with E-state index in [0.717, 1.165) is 31.2 Å². The summed E-state index contributed by atoms with van der Waals surface area (Å²) in [6.07, 6.45) is 4.96. The Labute approximate surface area is 172 Å². The molecule has 0 aliphatic carbocycles. The molecule has 0 aromatic heterocycles. The van der Waals surface area contributed by atoms with Crippen LogP contribution in [0.15, 0.2) is 17.7 Å². The molecule has 29 heavy (non-hydrogen) atoms. The number of aryl methyl sites for hydroxylation is 1. The number of aromatic hydroxyl groups is 1. The molecule has 0 saturated heterocycles. The Kier molecular flexibility index (Phi) is 10.7. The molecule has 0 saturated carbocycles. The molecule has 0 bridgehead atoms. The van der Waals surface area contributed by atoms with Gasteiger partial charge in [-0.2, -0.15) is 0 Å². The van der Waals surface area contributed by atoms with E-state index in [9.17, 15) is 14.7 Å². The molecule has 0 atom stereocenters. The number of phenols is 1. The van der Waals surface area contributed by atoms with Crippen LogP contribution in [0.4, 0.5) is 0 Å². The summed E-state index contributed by atoms with van der Waals surface area (Å²) in [5.41, 5.74) is 0.608. The lowest BCUT2D eigenvalue weighted by Crippen LogP contribution is -2.21. The number of esters is 2. The minimum atomic E-state index is -0.868. The number of carbonyl (C=O) groups excluding carboxylic acids is 2. The van der Waals surface area contributed by atoms with Crippen LogP contribution < -0.4 is 4.74 Å². The zero-order valence-electron chi connectivity index (χ0n) is 18.0. The first-order valence-electron chi connectivity index (χ1n) is 9.98. The molecule has 1 N–H and O–H groups in total. The molecule has 0 aliphatic heterocycles. The van der Waals surface area contributed by atoms with Gasteiger partial charge in [0.1, 0.15) is 0 Å². The van der Waals surface area contributed by atoms with E-state index in [0.29, 0.717) is 6.42 Å². The molecule has 0 radical (unpaired) electrons. The molecule has 1 aromatic rings. The summed E-state index contributed by atoms with van der Waals surface area (Å²) in [5.74, 6) is -1.73. The molecule has 162 valence electrons. The molecular weight excluding hydrogens is 376 g/mol. The second-order valence-corrected chi connectivity index (χ2v) is 6.31. The van der Waals surface area contributed by atoms with Gasteiger partial charge in [-0.15, -0.1) is 0 Å². The fourth-order valence-electron chi connectivity index (χ4n) is 2.96. The molecular formula is C22H32O7. The van der Waals surface area contributed by atoms with Crippen molar-refractivity contribution >= 4 is 17.7 Å². The van der Waals surface area contributed by atoms with Crippen LogP contribution in [0.2, 0.25) is 0 Å². The maximum absolute atomic E-state index is 12.4. The highest BCUT2D eigenvalue weighted by atomic mass is 16.6. The van der Waals surface area contributed by atoms with Gasteiger partial charge in [-0.1, -0.05) is 32.3 Å². The van der Waals surface area contributed by atoms with Gasteiger partial charge in [0.2, 0.25) is 0 Å². The molecule has 7 nitrogen and oxygen atoms in total. The van der Waals surface area contributed by atoms with Crippen LogP contribution in [0.3, 0.4) is 0 Å². The summed E-state index contributed by atoms with van der Waals surface area (Å²) >= 11 is 0. The van der Waals surface area contributed by atoms with Gasteiger partial charge in [-0.3, -0.25) is 0 Å². The minimum Gasteiger partial charge on any atom is -0.504 e. The lowest BCUT2D eigenvalue weighted by molar-refractivity contribution is -0.146.